The highest BCUT2D eigenvalue weighted by molar-refractivity contribution is 5.89. The first-order valence-corrected chi connectivity index (χ1v) is 8.38. The normalized spacial score (nSPS) is 16.4. The summed E-state index contributed by atoms with van der Waals surface area (Å²) in [6.45, 7) is 1.28. The fraction of sp³-hybridized carbons (Fsp3) is 0.200. The van der Waals surface area contributed by atoms with E-state index in [2.05, 4.69) is 40.7 Å². The van der Waals surface area contributed by atoms with E-state index in [-0.39, 0.29) is 11.9 Å². The van der Waals surface area contributed by atoms with Crippen molar-refractivity contribution in [2.75, 3.05) is 11.9 Å². The average molecular weight is 332 g/mol. The molecule has 0 bridgehead atoms. The molecule has 0 saturated carbocycles. The van der Waals surface area contributed by atoms with Gasteiger partial charge in [-0.05, 0) is 16.7 Å². The van der Waals surface area contributed by atoms with Crippen LogP contribution < -0.4 is 5.32 Å². The first kappa shape index (κ1) is 15.4. The van der Waals surface area contributed by atoms with Crippen LogP contribution in [0.4, 0.5) is 10.5 Å². The minimum absolute atomic E-state index is 0.0940. The first-order chi connectivity index (χ1) is 12.2. The summed E-state index contributed by atoms with van der Waals surface area (Å²) in [6, 6.07) is 18.7. The summed E-state index contributed by atoms with van der Waals surface area (Å²) in [7, 11) is 1.83. The van der Waals surface area contributed by atoms with Crippen LogP contribution in [-0.4, -0.2) is 27.3 Å². The largest absolute Gasteiger partial charge is 0.322 e. The zero-order chi connectivity index (χ0) is 17.2. The molecule has 2 heterocycles. The van der Waals surface area contributed by atoms with E-state index in [1.807, 2.05) is 36.2 Å². The number of anilines is 1. The number of benzene rings is 2. The standard InChI is InChI=1S/C20H20N4O/c1-23-13-17(11-21-23)22-20(25)24-12-16-9-5-6-10-18(16)19(14-24)15-7-3-2-4-8-15/h2-11,13,19H,12,14H2,1H3,(H,22,25). The van der Waals surface area contributed by atoms with Crippen LogP contribution in [0.3, 0.4) is 0 Å². The Morgan fingerprint density at radius 3 is 2.64 bits per heavy atom. The number of nitrogens with zero attached hydrogens (tertiary/aromatic N) is 3. The molecular formula is C20H20N4O. The van der Waals surface area contributed by atoms with E-state index >= 15 is 0 Å². The Labute approximate surface area is 146 Å². The topological polar surface area (TPSA) is 50.2 Å². The Kier molecular flexibility index (Phi) is 3.98. The lowest BCUT2D eigenvalue weighted by molar-refractivity contribution is 0.203. The van der Waals surface area contributed by atoms with Crippen LogP contribution in [0.15, 0.2) is 67.0 Å². The van der Waals surface area contributed by atoms with Gasteiger partial charge in [0.25, 0.3) is 0 Å². The molecule has 126 valence electrons. The summed E-state index contributed by atoms with van der Waals surface area (Å²) >= 11 is 0. The maximum atomic E-state index is 12.7. The van der Waals surface area contributed by atoms with Crippen LogP contribution in [0.25, 0.3) is 0 Å². The van der Waals surface area contributed by atoms with Crippen LogP contribution in [0.1, 0.15) is 22.6 Å². The van der Waals surface area contributed by atoms with Crippen molar-refractivity contribution in [2.45, 2.75) is 12.5 Å². The van der Waals surface area contributed by atoms with Crippen molar-refractivity contribution in [3.63, 3.8) is 0 Å². The molecule has 1 atom stereocenters. The number of aryl methyl sites for hydroxylation is 1. The number of amides is 2. The number of carbonyl (C=O) groups is 1. The van der Waals surface area contributed by atoms with E-state index in [1.165, 1.54) is 16.7 Å². The van der Waals surface area contributed by atoms with Crippen LogP contribution in [0.2, 0.25) is 0 Å². The Bertz CT molecular complexity index is 887. The molecule has 0 radical (unpaired) electrons. The zero-order valence-electron chi connectivity index (χ0n) is 14.1. The maximum absolute atomic E-state index is 12.7. The van der Waals surface area contributed by atoms with Gasteiger partial charge in [0.15, 0.2) is 0 Å². The van der Waals surface area contributed by atoms with Crippen molar-refractivity contribution >= 4 is 11.7 Å². The SMILES string of the molecule is Cn1cc(NC(=O)N2Cc3ccccc3C(c3ccccc3)C2)cn1. The lowest BCUT2D eigenvalue weighted by Crippen LogP contribution is -2.41. The summed E-state index contributed by atoms with van der Waals surface area (Å²) in [5.41, 5.74) is 4.44. The molecule has 1 N–H and O–H groups in total. The molecule has 0 saturated heterocycles. The summed E-state index contributed by atoms with van der Waals surface area (Å²) < 4.78 is 1.67. The van der Waals surface area contributed by atoms with Gasteiger partial charge in [-0.1, -0.05) is 54.6 Å². The number of urea groups is 1. The van der Waals surface area contributed by atoms with Gasteiger partial charge in [-0.15, -0.1) is 0 Å². The molecule has 0 spiro atoms. The van der Waals surface area contributed by atoms with Crippen molar-refractivity contribution in [1.29, 1.82) is 0 Å². The number of carbonyl (C=O) groups excluding carboxylic acids is 1. The van der Waals surface area contributed by atoms with Crippen LogP contribution in [-0.2, 0) is 13.6 Å². The van der Waals surface area contributed by atoms with Crippen molar-refractivity contribution in [3.8, 4) is 0 Å². The number of hydrogen-bond donors (Lipinski definition) is 1. The number of hydrogen-bond acceptors (Lipinski definition) is 2. The monoisotopic (exact) mass is 332 g/mol. The zero-order valence-corrected chi connectivity index (χ0v) is 14.1. The molecule has 1 aliphatic rings. The number of nitrogens with one attached hydrogen (secondary N) is 1. The lowest BCUT2D eigenvalue weighted by Gasteiger charge is -2.35. The molecule has 0 aliphatic carbocycles. The van der Waals surface area contributed by atoms with Crippen LogP contribution in [0.5, 0.6) is 0 Å². The van der Waals surface area contributed by atoms with Crippen molar-refractivity contribution in [2.24, 2.45) is 7.05 Å². The average Bonchev–Trinajstić information content (AvgIpc) is 3.06. The summed E-state index contributed by atoms with van der Waals surface area (Å²) in [6.07, 6.45) is 3.45. The molecule has 0 fully saturated rings. The molecule has 3 aromatic rings. The molecule has 2 amide bonds. The third-order valence-corrected chi connectivity index (χ3v) is 4.64. The Balaban J connectivity index is 1.62. The predicted octanol–water partition coefficient (Wildman–Crippen LogP) is 3.60. The van der Waals surface area contributed by atoms with E-state index in [0.29, 0.717) is 18.8 Å². The van der Waals surface area contributed by atoms with Gasteiger partial charge in [0.1, 0.15) is 0 Å². The summed E-state index contributed by atoms with van der Waals surface area (Å²) in [4.78, 5) is 14.6. The first-order valence-electron chi connectivity index (χ1n) is 8.38. The molecule has 1 aromatic heterocycles. The van der Waals surface area contributed by atoms with Gasteiger partial charge in [0, 0.05) is 32.3 Å². The Morgan fingerprint density at radius 2 is 1.88 bits per heavy atom. The van der Waals surface area contributed by atoms with Gasteiger partial charge < -0.3 is 10.2 Å². The molecule has 2 aromatic carbocycles. The third-order valence-electron chi connectivity index (χ3n) is 4.64. The smallest absolute Gasteiger partial charge is 0.319 e. The van der Waals surface area contributed by atoms with Crippen LogP contribution >= 0.6 is 0 Å². The highest BCUT2D eigenvalue weighted by Gasteiger charge is 2.29. The van der Waals surface area contributed by atoms with Gasteiger partial charge >= 0.3 is 6.03 Å². The summed E-state index contributed by atoms with van der Waals surface area (Å²) in [5.74, 6) is 0.186. The fourth-order valence-electron chi connectivity index (χ4n) is 3.42. The van der Waals surface area contributed by atoms with E-state index < -0.39 is 0 Å². The van der Waals surface area contributed by atoms with E-state index in [0.717, 1.165) is 0 Å². The Morgan fingerprint density at radius 1 is 1.12 bits per heavy atom. The molecule has 1 aliphatic heterocycles. The van der Waals surface area contributed by atoms with Crippen LogP contribution in [0, 0.1) is 0 Å². The van der Waals surface area contributed by atoms with E-state index in [9.17, 15) is 4.79 Å². The number of rotatable bonds is 2. The second-order valence-corrected chi connectivity index (χ2v) is 6.38. The highest BCUT2D eigenvalue weighted by atomic mass is 16.2. The second-order valence-electron chi connectivity index (χ2n) is 6.38. The lowest BCUT2D eigenvalue weighted by atomic mass is 9.85. The maximum Gasteiger partial charge on any atom is 0.322 e. The van der Waals surface area contributed by atoms with Gasteiger partial charge in [-0.3, -0.25) is 4.68 Å². The number of aromatic nitrogens is 2. The van der Waals surface area contributed by atoms with E-state index in [1.54, 1.807) is 17.1 Å². The number of fused-ring (bicyclic) bond motifs is 1. The minimum atomic E-state index is -0.0940. The third kappa shape index (κ3) is 3.13. The quantitative estimate of drug-likeness (QED) is 0.779. The molecule has 25 heavy (non-hydrogen) atoms. The Hall–Kier alpha value is -3.08. The molecule has 5 heteroatoms. The summed E-state index contributed by atoms with van der Waals surface area (Å²) in [5, 5.41) is 7.04. The molecular weight excluding hydrogens is 312 g/mol. The van der Waals surface area contributed by atoms with Crippen molar-refractivity contribution < 1.29 is 4.79 Å². The van der Waals surface area contributed by atoms with Crippen molar-refractivity contribution in [1.82, 2.24) is 14.7 Å². The predicted molar refractivity (Wildman–Crippen MR) is 97.4 cm³/mol. The van der Waals surface area contributed by atoms with Gasteiger partial charge in [0.05, 0.1) is 11.9 Å². The highest BCUT2D eigenvalue weighted by Crippen LogP contribution is 2.33. The molecule has 4 rings (SSSR count). The molecule has 5 nitrogen and oxygen atoms in total. The van der Waals surface area contributed by atoms with Gasteiger partial charge in [-0.25, -0.2) is 4.79 Å². The fourth-order valence-corrected chi connectivity index (χ4v) is 3.42. The molecule has 1 unspecified atom stereocenters. The van der Waals surface area contributed by atoms with E-state index in [4.69, 9.17) is 0 Å². The van der Waals surface area contributed by atoms with Gasteiger partial charge in [-0.2, -0.15) is 5.10 Å². The second kappa shape index (κ2) is 6.43. The van der Waals surface area contributed by atoms with Gasteiger partial charge in [0.2, 0.25) is 0 Å². The van der Waals surface area contributed by atoms with Crippen molar-refractivity contribution in [3.05, 3.63) is 83.7 Å². The minimum Gasteiger partial charge on any atom is -0.319 e.